The fourth-order valence-electron chi connectivity index (χ4n) is 5.99. The van der Waals surface area contributed by atoms with Gasteiger partial charge in [0.1, 0.15) is 5.54 Å². The number of anilines is 1. The second-order valence-electron chi connectivity index (χ2n) is 9.53. The standard InChI is InChI=1S/C27H30ClN3O3S/c1-3-4-14-30-24(32)22-20(13-15-35-2)29-27(23(22)25(30)33)18-10-6-8-12-21(18)31(26(27)34)16-17-9-5-7-11-19(17)28/h5-12,20,22-23,29H,3-4,13-16H2,1-2H3/t20-,22+,23-,27-/m0/s1. The third-order valence-corrected chi connectivity index (χ3v) is 8.62. The lowest BCUT2D eigenvalue weighted by Gasteiger charge is -2.30. The highest BCUT2D eigenvalue weighted by molar-refractivity contribution is 7.98. The Hall–Kier alpha value is -2.35. The second kappa shape index (κ2) is 9.60. The SMILES string of the molecule is CCCCN1C(=O)[C@@H]2[C@H](CCSC)N[C@]3(C(=O)N(Cc4ccccc4Cl)c4ccccc43)[C@@H]2C1=O. The van der Waals surface area contributed by atoms with E-state index in [0.717, 1.165) is 35.4 Å². The summed E-state index contributed by atoms with van der Waals surface area (Å²) in [5.74, 6) is -0.993. The maximum absolute atomic E-state index is 14.4. The maximum atomic E-state index is 14.4. The average molecular weight is 512 g/mol. The van der Waals surface area contributed by atoms with Crippen molar-refractivity contribution < 1.29 is 14.4 Å². The number of hydrogen-bond donors (Lipinski definition) is 1. The number of unbranched alkanes of at least 4 members (excludes halogenated alkanes) is 1. The number of amides is 3. The topological polar surface area (TPSA) is 69.7 Å². The number of benzene rings is 2. The summed E-state index contributed by atoms with van der Waals surface area (Å²) in [4.78, 5) is 44.9. The van der Waals surface area contributed by atoms with Gasteiger partial charge < -0.3 is 4.90 Å². The van der Waals surface area contributed by atoms with Crippen LogP contribution in [0.15, 0.2) is 48.5 Å². The predicted octanol–water partition coefficient (Wildman–Crippen LogP) is 4.21. The minimum Gasteiger partial charge on any atom is -0.306 e. The first-order valence-electron chi connectivity index (χ1n) is 12.2. The monoisotopic (exact) mass is 511 g/mol. The van der Waals surface area contributed by atoms with E-state index in [2.05, 4.69) is 5.32 Å². The number of likely N-dealkylation sites (tertiary alicyclic amines) is 1. The van der Waals surface area contributed by atoms with Gasteiger partial charge in [-0.05, 0) is 42.5 Å². The molecule has 1 spiro atoms. The van der Waals surface area contributed by atoms with E-state index in [4.69, 9.17) is 11.6 Å². The Morgan fingerprint density at radius 2 is 1.77 bits per heavy atom. The van der Waals surface area contributed by atoms with Crippen molar-refractivity contribution in [2.45, 2.75) is 44.3 Å². The van der Waals surface area contributed by atoms with Gasteiger partial charge in [-0.3, -0.25) is 24.6 Å². The Morgan fingerprint density at radius 3 is 2.51 bits per heavy atom. The molecule has 3 heterocycles. The van der Waals surface area contributed by atoms with Crippen molar-refractivity contribution in [3.05, 3.63) is 64.7 Å². The highest BCUT2D eigenvalue weighted by atomic mass is 35.5. The van der Waals surface area contributed by atoms with Gasteiger partial charge in [-0.1, -0.05) is 61.3 Å². The third-order valence-electron chi connectivity index (χ3n) is 7.61. The van der Waals surface area contributed by atoms with Gasteiger partial charge in [0.2, 0.25) is 11.8 Å². The minimum absolute atomic E-state index is 0.140. The average Bonchev–Trinajstić information content (AvgIpc) is 3.42. The molecule has 5 rings (SSSR count). The van der Waals surface area contributed by atoms with E-state index >= 15 is 0 Å². The molecular formula is C27H30ClN3O3S. The number of halogens is 1. The molecule has 0 bridgehead atoms. The van der Waals surface area contributed by atoms with Crippen LogP contribution in [-0.4, -0.2) is 47.2 Å². The molecule has 1 N–H and O–H groups in total. The van der Waals surface area contributed by atoms with Gasteiger partial charge in [0, 0.05) is 28.9 Å². The van der Waals surface area contributed by atoms with Gasteiger partial charge in [-0.2, -0.15) is 11.8 Å². The highest BCUT2D eigenvalue weighted by Crippen LogP contribution is 2.55. The maximum Gasteiger partial charge on any atom is 0.253 e. The molecule has 0 saturated carbocycles. The number of thioether (sulfide) groups is 1. The van der Waals surface area contributed by atoms with E-state index in [0.29, 0.717) is 24.5 Å². The van der Waals surface area contributed by atoms with Crippen molar-refractivity contribution in [2.24, 2.45) is 11.8 Å². The van der Waals surface area contributed by atoms with Crippen LogP contribution in [-0.2, 0) is 26.5 Å². The summed E-state index contributed by atoms with van der Waals surface area (Å²) in [6, 6.07) is 14.9. The van der Waals surface area contributed by atoms with E-state index in [1.165, 1.54) is 4.90 Å². The van der Waals surface area contributed by atoms with Gasteiger partial charge in [-0.15, -0.1) is 0 Å². The summed E-state index contributed by atoms with van der Waals surface area (Å²) in [5.41, 5.74) is 1.12. The summed E-state index contributed by atoms with van der Waals surface area (Å²) in [7, 11) is 0. The number of imide groups is 1. The molecule has 2 fully saturated rings. The molecule has 2 aromatic carbocycles. The van der Waals surface area contributed by atoms with Crippen LogP contribution in [0.5, 0.6) is 0 Å². The largest absolute Gasteiger partial charge is 0.306 e. The Bertz CT molecular complexity index is 1170. The van der Waals surface area contributed by atoms with Crippen LogP contribution in [0, 0.1) is 11.8 Å². The lowest BCUT2D eigenvalue weighted by molar-refractivity contribution is -0.143. The Kier molecular flexibility index (Phi) is 6.68. The van der Waals surface area contributed by atoms with Crippen molar-refractivity contribution >= 4 is 46.8 Å². The quantitative estimate of drug-likeness (QED) is 0.538. The first-order valence-corrected chi connectivity index (χ1v) is 14.0. The van der Waals surface area contributed by atoms with E-state index in [-0.39, 0.29) is 23.8 Å². The smallest absolute Gasteiger partial charge is 0.253 e. The number of rotatable bonds is 8. The van der Waals surface area contributed by atoms with Crippen LogP contribution in [0.25, 0.3) is 0 Å². The fraction of sp³-hybridized carbons (Fsp3) is 0.444. The zero-order chi connectivity index (χ0) is 24.7. The summed E-state index contributed by atoms with van der Waals surface area (Å²) < 4.78 is 0. The van der Waals surface area contributed by atoms with Gasteiger partial charge in [0.25, 0.3) is 5.91 Å². The lowest BCUT2D eigenvalue weighted by Crippen LogP contribution is -2.55. The molecule has 0 aromatic heterocycles. The number of nitrogens with zero attached hydrogens (tertiary/aromatic N) is 2. The summed E-state index contributed by atoms with van der Waals surface area (Å²) in [6.07, 6.45) is 4.39. The molecule has 2 saturated heterocycles. The number of fused-ring (bicyclic) bond motifs is 4. The molecule has 2 aromatic rings. The van der Waals surface area contributed by atoms with Crippen molar-refractivity contribution in [3.63, 3.8) is 0 Å². The molecule has 0 radical (unpaired) electrons. The van der Waals surface area contributed by atoms with E-state index in [9.17, 15) is 14.4 Å². The van der Waals surface area contributed by atoms with Crippen LogP contribution in [0.3, 0.4) is 0 Å². The molecule has 3 aliphatic heterocycles. The molecule has 0 unspecified atom stereocenters. The Labute approximate surface area is 215 Å². The molecule has 3 amide bonds. The molecular weight excluding hydrogens is 482 g/mol. The van der Waals surface area contributed by atoms with Crippen molar-refractivity contribution in [3.8, 4) is 0 Å². The number of para-hydroxylation sites is 1. The van der Waals surface area contributed by atoms with Crippen molar-refractivity contribution in [1.29, 1.82) is 0 Å². The van der Waals surface area contributed by atoms with Crippen LogP contribution >= 0.6 is 23.4 Å². The number of nitrogens with one attached hydrogen (secondary N) is 1. The molecule has 4 atom stereocenters. The van der Waals surface area contributed by atoms with Gasteiger partial charge in [0.15, 0.2) is 0 Å². The minimum atomic E-state index is -1.25. The number of carbonyl (C=O) groups excluding carboxylic acids is 3. The Morgan fingerprint density at radius 1 is 1.03 bits per heavy atom. The van der Waals surface area contributed by atoms with E-state index < -0.39 is 17.4 Å². The van der Waals surface area contributed by atoms with E-state index in [1.54, 1.807) is 16.7 Å². The number of carbonyl (C=O) groups is 3. The van der Waals surface area contributed by atoms with Crippen molar-refractivity contribution in [2.75, 3.05) is 23.5 Å². The lowest BCUT2D eigenvalue weighted by atomic mass is 9.76. The van der Waals surface area contributed by atoms with Crippen LogP contribution < -0.4 is 10.2 Å². The molecule has 35 heavy (non-hydrogen) atoms. The third kappa shape index (κ3) is 3.71. The highest BCUT2D eigenvalue weighted by Gasteiger charge is 2.71. The van der Waals surface area contributed by atoms with Crippen LogP contribution in [0.4, 0.5) is 5.69 Å². The predicted molar refractivity (Wildman–Crippen MR) is 139 cm³/mol. The normalized spacial score (nSPS) is 27.3. The van der Waals surface area contributed by atoms with Gasteiger partial charge >= 0.3 is 0 Å². The van der Waals surface area contributed by atoms with Crippen molar-refractivity contribution in [1.82, 2.24) is 10.2 Å². The second-order valence-corrected chi connectivity index (χ2v) is 10.9. The summed E-state index contributed by atoms with van der Waals surface area (Å²) >= 11 is 8.15. The first kappa shape index (κ1) is 24.3. The zero-order valence-electron chi connectivity index (χ0n) is 20.0. The first-order chi connectivity index (χ1) is 17.0. The van der Waals surface area contributed by atoms with Gasteiger partial charge in [0.05, 0.1) is 18.4 Å². The summed E-state index contributed by atoms with van der Waals surface area (Å²) in [5, 5.41) is 4.16. The van der Waals surface area contributed by atoms with E-state index in [1.807, 2.05) is 61.7 Å². The fourth-order valence-corrected chi connectivity index (χ4v) is 6.68. The van der Waals surface area contributed by atoms with Crippen LogP contribution in [0.2, 0.25) is 5.02 Å². The molecule has 6 nitrogen and oxygen atoms in total. The summed E-state index contributed by atoms with van der Waals surface area (Å²) in [6.45, 7) is 2.75. The molecule has 0 aliphatic carbocycles. The van der Waals surface area contributed by atoms with Gasteiger partial charge in [-0.25, -0.2) is 0 Å². The zero-order valence-corrected chi connectivity index (χ0v) is 21.6. The molecule has 3 aliphatic rings. The number of hydrogen-bond acceptors (Lipinski definition) is 5. The Balaban J connectivity index is 1.61. The molecule has 8 heteroatoms. The molecule has 184 valence electrons. The van der Waals surface area contributed by atoms with Crippen LogP contribution in [0.1, 0.15) is 37.3 Å².